The second-order valence-electron chi connectivity index (χ2n) is 6.14. The van der Waals surface area contributed by atoms with Gasteiger partial charge in [-0.3, -0.25) is 13.8 Å². The van der Waals surface area contributed by atoms with E-state index in [-0.39, 0.29) is 11.4 Å². The van der Waals surface area contributed by atoms with Crippen LogP contribution in [0, 0.1) is 5.82 Å². The zero-order valence-electron chi connectivity index (χ0n) is 14.7. The largest absolute Gasteiger partial charge is 0.494 e. The maximum absolute atomic E-state index is 14.3. The Labute approximate surface area is 156 Å². The number of aromatic nitrogens is 3. The lowest BCUT2D eigenvalue weighted by molar-refractivity contribution is 0.387. The van der Waals surface area contributed by atoms with E-state index in [1.165, 1.54) is 19.2 Å². The number of fused-ring (bicyclic) bond motifs is 3. The summed E-state index contributed by atoms with van der Waals surface area (Å²) >= 11 is 0. The molecule has 0 fully saturated rings. The highest BCUT2D eigenvalue weighted by Crippen LogP contribution is 2.28. The Bertz CT molecular complexity index is 1250. The van der Waals surface area contributed by atoms with Crippen molar-refractivity contribution in [1.82, 2.24) is 14.5 Å². The molecule has 1 N–H and O–H groups in total. The number of benzene rings is 2. The lowest BCUT2D eigenvalue weighted by Crippen LogP contribution is -2.17. The fourth-order valence-corrected chi connectivity index (χ4v) is 3.64. The molecule has 4 rings (SSSR count). The summed E-state index contributed by atoms with van der Waals surface area (Å²) in [5.74, 6) is -0.420. The van der Waals surface area contributed by atoms with E-state index in [0.29, 0.717) is 33.4 Å². The van der Waals surface area contributed by atoms with Gasteiger partial charge in [0.05, 0.1) is 36.4 Å². The van der Waals surface area contributed by atoms with E-state index < -0.39 is 16.6 Å². The molecule has 1 atom stereocenters. The molecule has 0 bridgehead atoms. The first-order chi connectivity index (χ1) is 13.0. The predicted molar refractivity (Wildman–Crippen MR) is 102 cm³/mol. The monoisotopic (exact) mass is 385 g/mol. The van der Waals surface area contributed by atoms with Crippen molar-refractivity contribution in [2.75, 3.05) is 13.4 Å². The molecule has 0 amide bonds. The van der Waals surface area contributed by atoms with Gasteiger partial charge in [0.2, 0.25) is 0 Å². The molecule has 8 heteroatoms. The SMILES string of the molecule is COc1cc2ncc3[nH]c(=O)n(Cc4ccc(S(C)=O)cc4)c3c2cc1F. The average Bonchev–Trinajstić information content (AvgIpc) is 2.97. The fourth-order valence-electron chi connectivity index (χ4n) is 3.12. The van der Waals surface area contributed by atoms with Crippen LogP contribution in [0.1, 0.15) is 5.56 Å². The Kier molecular flexibility index (Phi) is 4.27. The van der Waals surface area contributed by atoms with Crippen LogP contribution in [0.2, 0.25) is 0 Å². The van der Waals surface area contributed by atoms with E-state index in [1.54, 1.807) is 29.2 Å². The van der Waals surface area contributed by atoms with Gasteiger partial charge in [0.25, 0.3) is 0 Å². The van der Waals surface area contributed by atoms with Crippen molar-refractivity contribution in [3.05, 3.63) is 64.5 Å². The highest BCUT2D eigenvalue weighted by molar-refractivity contribution is 7.84. The fraction of sp³-hybridized carbons (Fsp3) is 0.158. The number of halogens is 1. The summed E-state index contributed by atoms with van der Waals surface area (Å²) in [7, 11) is 0.327. The van der Waals surface area contributed by atoms with Crippen LogP contribution in [-0.2, 0) is 17.3 Å². The van der Waals surface area contributed by atoms with Crippen LogP contribution in [0.15, 0.2) is 52.3 Å². The minimum absolute atomic E-state index is 0.0990. The van der Waals surface area contributed by atoms with Crippen molar-refractivity contribution in [3.63, 3.8) is 0 Å². The van der Waals surface area contributed by atoms with Crippen LogP contribution in [0.5, 0.6) is 5.75 Å². The number of hydrogen-bond acceptors (Lipinski definition) is 4. The molecule has 2 aromatic heterocycles. The number of H-pyrrole nitrogens is 1. The maximum atomic E-state index is 14.3. The number of methoxy groups -OCH3 is 1. The van der Waals surface area contributed by atoms with Crippen molar-refractivity contribution >= 4 is 32.7 Å². The molecular weight excluding hydrogens is 369 g/mol. The zero-order chi connectivity index (χ0) is 19.1. The van der Waals surface area contributed by atoms with Gasteiger partial charge in [-0.1, -0.05) is 12.1 Å². The number of rotatable bonds is 4. The van der Waals surface area contributed by atoms with Gasteiger partial charge < -0.3 is 9.72 Å². The van der Waals surface area contributed by atoms with Crippen molar-refractivity contribution in [2.24, 2.45) is 0 Å². The third kappa shape index (κ3) is 3.02. The van der Waals surface area contributed by atoms with Gasteiger partial charge in [0.1, 0.15) is 0 Å². The molecule has 2 heterocycles. The summed E-state index contributed by atoms with van der Waals surface area (Å²) in [6.07, 6.45) is 3.16. The van der Waals surface area contributed by atoms with Crippen LogP contribution >= 0.6 is 0 Å². The first-order valence-electron chi connectivity index (χ1n) is 8.15. The highest BCUT2D eigenvalue weighted by Gasteiger charge is 2.15. The molecule has 0 aliphatic heterocycles. The summed E-state index contributed by atoms with van der Waals surface area (Å²) in [4.78, 5) is 20.2. The van der Waals surface area contributed by atoms with E-state index in [0.717, 1.165) is 5.56 Å². The number of pyridine rings is 1. The Balaban J connectivity index is 1.89. The quantitative estimate of drug-likeness (QED) is 0.586. The Morgan fingerprint density at radius 3 is 2.67 bits per heavy atom. The van der Waals surface area contributed by atoms with Crippen LogP contribution in [-0.4, -0.2) is 32.1 Å². The molecule has 0 saturated heterocycles. The summed E-state index contributed by atoms with van der Waals surface area (Å²) < 4.78 is 32.3. The van der Waals surface area contributed by atoms with Gasteiger partial charge in [0, 0.05) is 33.4 Å². The van der Waals surface area contributed by atoms with Crippen LogP contribution < -0.4 is 10.4 Å². The third-order valence-corrected chi connectivity index (χ3v) is 5.40. The van der Waals surface area contributed by atoms with Gasteiger partial charge in [-0.15, -0.1) is 0 Å². The van der Waals surface area contributed by atoms with Crippen LogP contribution in [0.4, 0.5) is 4.39 Å². The number of nitrogens with zero attached hydrogens (tertiary/aromatic N) is 2. The predicted octanol–water partition coefficient (Wildman–Crippen LogP) is 2.81. The zero-order valence-corrected chi connectivity index (χ0v) is 15.5. The van der Waals surface area contributed by atoms with Gasteiger partial charge >= 0.3 is 5.69 Å². The third-order valence-electron chi connectivity index (χ3n) is 4.47. The second kappa shape index (κ2) is 6.62. The topological polar surface area (TPSA) is 77.0 Å². The molecule has 2 aromatic carbocycles. The Hall–Kier alpha value is -3.00. The number of aromatic amines is 1. The summed E-state index contributed by atoms with van der Waals surface area (Å²) in [6.45, 7) is 0.294. The summed E-state index contributed by atoms with van der Waals surface area (Å²) in [5.41, 5.74) is 2.20. The van der Waals surface area contributed by atoms with E-state index in [4.69, 9.17) is 4.74 Å². The normalized spacial score (nSPS) is 12.6. The lowest BCUT2D eigenvalue weighted by atomic mass is 10.1. The van der Waals surface area contributed by atoms with Crippen molar-refractivity contribution in [3.8, 4) is 5.75 Å². The molecule has 1 unspecified atom stereocenters. The Morgan fingerprint density at radius 1 is 1.26 bits per heavy atom. The second-order valence-corrected chi connectivity index (χ2v) is 7.52. The summed E-state index contributed by atoms with van der Waals surface area (Å²) in [6, 6.07) is 10.0. The van der Waals surface area contributed by atoms with Gasteiger partial charge in [0.15, 0.2) is 11.6 Å². The standard InChI is InChI=1S/C19H16FN3O3S/c1-26-17-8-15-13(7-14(17)20)18-16(9-21-15)22-19(24)23(18)10-11-3-5-12(6-4-11)27(2)25/h3-9H,10H2,1-2H3,(H,22,24). The molecule has 0 aliphatic rings. The van der Waals surface area contributed by atoms with Crippen molar-refractivity contribution in [2.45, 2.75) is 11.4 Å². The molecule has 0 aliphatic carbocycles. The maximum Gasteiger partial charge on any atom is 0.326 e. The van der Waals surface area contributed by atoms with Crippen LogP contribution in [0.3, 0.4) is 0 Å². The molecule has 27 heavy (non-hydrogen) atoms. The van der Waals surface area contributed by atoms with Gasteiger partial charge in [-0.05, 0) is 23.8 Å². The van der Waals surface area contributed by atoms with E-state index >= 15 is 0 Å². The average molecular weight is 385 g/mol. The Morgan fingerprint density at radius 2 is 2.00 bits per heavy atom. The first-order valence-corrected chi connectivity index (χ1v) is 9.71. The molecule has 0 saturated carbocycles. The van der Waals surface area contributed by atoms with E-state index in [9.17, 15) is 13.4 Å². The van der Waals surface area contributed by atoms with Gasteiger partial charge in [-0.25, -0.2) is 9.18 Å². The summed E-state index contributed by atoms with van der Waals surface area (Å²) in [5, 5.41) is 0.524. The van der Waals surface area contributed by atoms with Crippen molar-refractivity contribution < 1.29 is 13.3 Å². The number of ether oxygens (including phenoxy) is 1. The molecular formula is C19H16FN3O3S. The molecule has 138 valence electrons. The van der Waals surface area contributed by atoms with Crippen molar-refractivity contribution in [1.29, 1.82) is 0 Å². The first kappa shape index (κ1) is 17.4. The van der Waals surface area contributed by atoms with Gasteiger partial charge in [-0.2, -0.15) is 0 Å². The van der Waals surface area contributed by atoms with E-state index in [2.05, 4.69) is 9.97 Å². The molecule has 4 aromatic rings. The van der Waals surface area contributed by atoms with Crippen LogP contribution in [0.25, 0.3) is 21.9 Å². The minimum Gasteiger partial charge on any atom is -0.494 e. The molecule has 0 spiro atoms. The lowest BCUT2D eigenvalue weighted by Gasteiger charge is -2.08. The highest BCUT2D eigenvalue weighted by atomic mass is 32.2. The number of imidazole rings is 1. The molecule has 0 radical (unpaired) electrons. The van der Waals surface area contributed by atoms with E-state index in [1.807, 2.05) is 12.1 Å². The minimum atomic E-state index is -1.06. The number of nitrogens with one attached hydrogen (secondary N) is 1. The molecule has 6 nitrogen and oxygen atoms in total. The number of hydrogen-bond donors (Lipinski definition) is 1. The smallest absolute Gasteiger partial charge is 0.326 e.